The number of aromatic amines is 1. The Morgan fingerprint density at radius 3 is 2.60 bits per heavy atom. The zero-order valence-electron chi connectivity index (χ0n) is 11.3. The predicted molar refractivity (Wildman–Crippen MR) is 79.0 cm³/mol. The summed E-state index contributed by atoms with van der Waals surface area (Å²) in [5.41, 5.74) is 1.32. The number of pyridine rings is 1. The van der Waals surface area contributed by atoms with Crippen molar-refractivity contribution in [3.05, 3.63) is 68.6 Å². The molecule has 0 saturated heterocycles. The first kappa shape index (κ1) is 14.3. The molecular formula is C15H15ClN2O2. The maximum atomic E-state index is 12.3. The number of hydrogen-bond donors (Lipinski definition) is 1. The smallest absolute Gasteiger partial charge is 0.260 e. The number of aryl methyl sites for hydroxylation is 1. The van der Waals surface area contributed by atoms with Crippen molar-refractivity contribution in [2.75, 3.05) is 7.05 Å². The molecule has 0 bridgehead atoms. The molecular weight excluding hydrogens is 276 g/mol. The monoisotopic (exact) mass is 290 g/mol. The minimum absolute atomic E-state index is 0.130. The molecule has 20 heavy (non-hydrogen) atoms. The average molecular weight is 291 g/mol. The lowest BCUT2D eigenvalue weighted by Crippen LogP contribution is -2.31. The summed E-state index contributed by atoms with van der Waals surface area (Å²) in [4.78, 5) is 28.1. The summed E-state index contributed by atoms with van der Waals surface area (Å²) in [5.74, 6) is -0.328. The van der Waals surface area contributed by atoms with Gasteiger partial charge in [-0.2, -0.15) is 0 Å². The van der Waals surface area contributed by atoms with Gasteiger partial charge in [0.05, 0.1) is 0 Å². The fourth-order valence-corrected chi connectivity index (χ4v) is 2.10. The maximum Gasteiger partial charge on any atom is 0.260 e. The van der Waals surface area contributed by atoms with Gasteiger partial charge in [-0.05, 0) is 30.7 Å². The van der Waals surface area contributed by atoms with E-state index in [1.165, 1.54) is 4.90 Å². The summed E-state index contributed by atoms with van der Waals surface area (Å²) in [6.45, 7) is 2.12. The molecule has 2 rings (SSSR count). The highest BCUT2D eigenvalue weighted by atomic mass is 35.5. The number of H-pyrrole nitrogens is 1. The minimum atomic E-state index is -0.374. The van der Waals surface area contributed by atoms with Crippen molar-refractivity contribution >= 4 is 17.5 Å². The van der Waals surface area contributed by atoms with Gasteiger partial charge in [-0.3, -0.25) is 9.59 Å². The topological polar surface area (TPSA) is 53.2 Å². The molecule has 1 aromatic heterocycles. The van der Waals surface area contributed by atoms with Gasteiger partial charge in [0.15, 0.2) is 0 Å². The summed E-state index contributed by atoms with van der Waals surface area (Å²) >= 11 is 6.07. The van der Waals surface area contributed by atoms with Crippen molar-refractivity contribution in [2.45, 2.75) is 13.5 Å². The van der Waals surface area contributed by atoms with Crippen LogP contribution in [0.4, 0.5) is 0 Å². The highest BCUT2D eigenvalue weighted by molar-refractivity contribution is 6.31. The molecule has 5 heteroatoms. The lowest BCUT2D eigenvalue weighted by atomic mass is 10.2. The van der Waals surface area contributed by atoms with Gasteiger partial charge in [0.2, 0.25) is 0 Å². The SMILES string of the molecule is Cc1ccc(C(=O)N(C)Cc2ccccc2Cl)c(=O)[nH]1. The van der Waals surface area contributed by atoms with Crippen LogP contribution in [0.5, 0.6) is 0 Å². The van der Waals surface area contributed by atoms with Gasteiger partial charge >= 0.3 is 0 Å². The minimum Gasteiger partial charge on any atom is -0.337 e. The van der Waals surface area contributed by atoms with Crippen LogP contribution < -0.4 is 5.56 Å². The lowest BCUT2D eigenvalue weighted by molar-refractivity contribution is 0.0783. The van der Waals surface area contributed by atoms with Crippen LogP contribution >= 0.6 is 11.6 Å². The number of carbonyl (C=O) groups excluding carboxylic acids is 1. The number of nitrogens with one attached hydrogen (secondary N) is 1. The molecule has 0 aliphatic carbocycles. The molecule has 104 valence electrons. The van der Waals surface area contributed by atoms with E-state index >= 15 is 0 Å². The number of rotatable bonds is 3. The first-order chi connectivity index (χ1) is 9.49. The Kier molecular flexibility index (Phi) is 4.25. The van der Waals surface area contributed by atoms with Crippen molar-refractivity contribution in [3.63, 3.8) is 0 Å². The number of aromatic nitrogens is 1. The lowest BCUT2D eigenvalue weighted by Gasteiger charge is -2.17. The Morgan fingerprint density at radius 1 is 1.25 bits per heavy atom. The Hall–Kier alpha value is -2.07. The van der Waals surface area contributed by atoms with E-state index in [2.05, 4.69) is 4.98 Å². The van der Waals surface area contributed by atoms with Crippen LogP contribution in [0.2, 0.25) is 5.02 Å². The van der Waals surface area contributed by atoms with E-state index in [1.807, 2.05) is 18.2 Å². The predicted octanol–water partition coefficient (Wildman–Crippen LogP) is 2.61. The van der Waals surface area contributed by atoms with E-state index in [0.29, 0.717) is 11.6 Å². The fraction of sp³-hybridized carbons (Fsp3) is 0.200. The summed E-state index contributed by atoms with van der Waals surface area (Å²) in [6.07, 6.45) is 0. The average Bonchev–Trinajstić information content (AvgIpc) is 2.40. The van der Waals surface area contributed by atoms with Crippen molar-refractivity contribution in [1.82, 2.24) is 9.88 Å². The quantitative estimate of drug-likeness (QED) is 0.945. The number of amides is 1. The fourth-order valence-electron chi connectivity index (χ4n) is 1.90. The standard InChI is InChI=1S/C15H15ClN2O2/c1-10-7-8-12(14(19)17-10)15(20)18(2)9-11-5-3-4-6-13(11)16/h3-8H,9H2,1-2H3,(H,17,19). The second kappa shape index (κ2) is 5.92. The number of hydrogen-bond acceptors (Lipinski definition) is 2. The van der Waals surface area contributed by atoms with E-state index in [1.54, 1.807) is 32.2 Å². The van der Waals surface area contributed by atoms with Crippen LogP contribution in [0.25, 0.3) is 0 Å². The molecule has 0 spiro atoms. The third-order valence-corrected chi connectivity index (χ3v) is 3.37. The molecule has 1 heterocycles. The maximum absolute atomic E-state index is 12.3. The van der Waals surface area contributed by atoms with E-state index in [9.17, 15) is 9.59 Å². The van der Waals surface area contributed by atoms with Gasteiger partial charge < -0.3 is 9.88 Å². The molecule has 0 atom stereocenters. The van der Waals surface area contributed by atoms with Gasteiger partial charge in [0, 0.05) is 24.3 Å². The number of carbonyl (C=O) groups is 1. The summed E-state index contributed by atoms with van der Waals surface area (Å²) in [7, 11) is 1.64. The Labute approximate surface area is 122 Å². The second-order valence-electron chi connectivity index (χ2n) is 4.64. The molecule has 1 amide bonds. The van der Waals surface area contributed by atoms with Crippen molar-refractivity contribution < 1.29 is 4.79 Å². The Morgan fingerprint density at radius 2 is 1.95 bits per heavy atom. The molecule has 0 radical (unpaired) electrons. The highest BCUT2D eigenvalue weighted by Crippen LogP contribution is 2.17. The molecule has 2 aromatic rings. The van der Waals surface area contributed by atoms with Gasteiger partial charge in [-0.15, -0.1) is 0 Å². The zero-order valence-corrected chi connectivity index (χ0v) is 12.1. The van der Waals surface area contributed by atoms with Gasteiger partial charge in [-0.25, -0.2) is 0 Å². The second-order valence-corrected chi connectivity index (χ2v) is 5.04. The van der Waals surface area contributed by atoms with E-state index in [-0.39, 0.29) is 17.0 Å². The zero-order chi connectivity index (χ0) is 14.7. The van der Waals surface area contributed by atoms with Gasteiger partial charge in [0.1, 0.15) is 5.56 Å². The largest absolute Gasteiger partial charge is 0.337 e. The van der Waals surface area contributed by atoms with Crippen LogP contribution in [-0.4, -0.2) is 22.8 Å². The Bertz CT molecular complexity index is 694. The third kappa shape index (κ3) is 3.08. The normalized spacial score (nSPS) is 10.3. The molecule has 1 aromatic carbocycles. The summed E-state index contributed by atoms with van der Waals surface area (Å²) in [5, 5.41) is 0.602. The Balaban J connectivity index is 2.21. The van der Waals surface area contributed by atoms with Crippen LogP contribution in [0, 0.1) is 6.92 Å². The number of halogens is 1. The van der Waals surface area contributed by atoms with Gasteiger partial charge in [-0.1, -0.05) is 29.8 Å². The van der Waals surface area contributed by atoms with Crippen molar-refractivity contribution in [2.24, 2.45) is 0 Å². The molecule has 1 N–H and O–H groups in total. The molecule has 4 nitrogen and oxygen atoms in total. The van der Waals surface area contributed by atoms with Crippen molar-refractivity contribution in [3.8, 4) is 0 Å². The van der Waals surface area contributed by atoms with E-state index in [0.717, 1.165) is 11.3 Å². The summed E-state index contributed by atoms with van der Waals surface area (Å²) in [6, 6.07) is 10.6. The van der Waals surface area contributed by atoms with Crippen LogP contribution in [-0.2, 0) is 6.54 Å². The van der Waals surface area contributed by atoms with Crippen LogP contribution in [0.1, 0.15) is 21.6 Å². The molecule has 0 fully saturated rings. The molecule has 0 saturated carbocycles. The first-order valence-electron chi connectivity index (χ1n) is 6.18. The number of nitrogens with zero attached hydrogens (tertiary/aromatic N) is 1. The first-order valence-corrected chi connectivity index (χ1v) is 6.55. The van der Waals surface area contributed by atoms with E-state index in [4.69, 9.17) is 11.6 Å². The third-order valence-electron chi connectivity index (χ3n) is 3.00. The number of benzene rings is 1. The van der Waals surface area contributed by atoms with Crippen molar-refractivity contribution in [1.29, 1.82) is 0 Å². The van der Waals surface area contributed by atoms with E-state index < -0.39 is 0 Å². The van der Waals surface area contributed by atoms with Crippen LogP contribution in [0.3, 0.4) is 0 Å². The highest BCUT2D eigenvalue weighted by Gasteiger charge is 2.16. The summed E-state index contributed by atoms with van der Waals surface area (Å²) < 4.78 is 0. The molecule has 0 aliphatic rings. The molecule has 0 aliphatic heterocycles. The molecule has 0 unspecified atom stereocenters. The van der Waals surface area contributed by atoms with Crippen LogP contribution in [0.15, 0.2) is 41.2 Å². The van der Waals surface area contributed by atoms with Gasteiger partial charge in [0.25, 0.3) is 11.5 Å².